The van der Waals surface area contributed by atoms with E-state index in [1.807, 2.05) is 37.4 Å². The normalized spacial score (nSPS) is 12.2. The molecule has 0 bridgehead atoms. The molecule has 2 aromatic carbocycles. The van der Waals surface area contributed by atoms with Gasteiger partial charge in [-0.3, -0.25) is 0 Å². The van der Waals surface area contributed by atoms with Crippen LogP contribution in [0.2, 0.25) is 0 Å². The Morgan fingerprint density at radius 3 is 2.65 bits per heavy atom. The summed E-state index contributed by atoms with van der Waals surface area (Å²) in [5.41, 5.74) is 2.15. The number of para-hydroxylation sites is 1. The Hall–Kier alpha value is -1.39. The first-order valence-electron chi connectivity index (χ1n) is 6.39. The number of ether oxygens (including phenoxy) is 1. The highest BCUT2D eigenvalue weighted by Crippen LogP contribution is 2.28. The highest BCUT2D eigenvalue weighted by molar-refractivity contribution is 9.10. The second kappa shape index (κ2) is 6.86. The van der Waals surface area contributed by atoms with E-state index in [2.05, 4.69) is 21.2 Å². The fourth-order valence-electron chi connectivity index (χ4n) is 2.22. The Kier molecular flexibility index (Phi) is 5.15. The largest absolute Gasteiger partial charge is 0.496 e. The second-order valence-corrected chi connectivity index (χ2v) is 5.39. The summed E-state index contributed by atoms with van der Waals surface area (Å²) in [4.78, 5) is 0. The van der Waals surface area contributed by atoms with Crippen LogP contribution in [0.15, 0.2) is 46.9 Å². The van der Waals surface area contributed by atoms with E-state index in [1.54, 1.807) is 13.2 Å². The van der Waals surface area contributed by atoms with Gasteiger partial charge in [0.05, 0.1) is 11.6 Å². The molecular weight excluding hydrogens is 321 g/mol. The molecule has 0 fully saturated rings. The zero-order valence-corrected chi connectivity index (χ0v) is 13.1. The van der Waals surface area contributed by atoms with Crippen molar-refractivity contribution in [3.63, 3.8) is 0 Å². The van der Waals surface area contributed by atoms with Crippen molar-refractivity contribution in [3.05, 3.63) is 63.9 Å². The summed E-state index contributed by atoms with van der Waals surface area (Å²) in [6.07, 6.45) is 0.760. The van der Waals surface area contributed by atoms with Crippen LogP contribution in [0.4, 0.5) is 4.39 Å². The summed E-state index contributed by atoms with van der Waals surface area (Å²) >= 11 is 3.22. The van der Waals surface area contributed by atoms with E-state index in [0.29, 0.717) is 4.47 Å². The molecule has 0 amide bonds. The number of hydrogen-bond acceptors (Lipinski definition) is 2. The molecule has 1 N–H and O–H groups in total. The Bertz CT molecular complexity index is 588. The quantitative estimate of drug-likeness (QED) is 0.886. The molecule has 0 heterocycles. The smallest absolute Gasteiger partial charge is 0.137 e. The lowest BCUT2D eigenvalue weighted by atomic mass is 9.98. The van der Waals surface area contributed by atoms with Crippen molar-refractivity contribution in [1.82, 2.24) is 5.32 Å². The van der Waals surface area contributed by atoms with Crippen molar-refractivity contribution in [3.8, 4) is 5.75 Å². The van der Waals surface area contributed by atoms with Gasteiger partial charge >= 0.3 is 0 Å². The molecule has 1 atom stereocenters. The van der Waals surface area contributed by atoms with Crippen LogP contribution in [0.3, 0.4) is 0 Å². The van der Waals surface area contributed by atoms with E-state index in [4.69, 9.17) is 4.74 Å². The minimum absolute atomic E-state index is 0.114. The summed E-state index contributed by atoms with van der Waals surface area (Å²) in [5.74, 6) is 0.611. The monoisotopic (exact) mass is 337 g/mol. The standard InChI is InChI=1S/C16H17BrFNO/c1-19-15(12-5-3-4-6-16(12)20-2)10-11-7-8-14(18)13(17)9-11/h3-9,15,19H,10H2,1-2H3. The minimum Gasteiger partial charge on any atom is -0.496 e. The molecule has 0 aliphatic rings. The Morgan fingerprint density at radius 1 is 1.25 bits per heavy atom. The third kappa shape index (κ3) is 3.38. The summed E-state index contributed by atoms with van der Waals surface area (Å²) in [6.45, 7) is 0. The average Bonchev–Trinajstić information content (AvgIpc) is 2.48. The molecule has 0 radical (unpaired) electrons. The molecule has 0 aliphatic carbocycles. The van der Waals surface area contributed by atoms with E-state index >= 15 is 0 Å². The summed E-state index contributed by atoms with van der Waals surface area (Å²) in [5, 5.41) is 3.29. The van der Waals surface area contributed by atoms with Crippen molar-refractivity contribution < 1.29 is 9.13 Å². The lowest BCUT2D eigenvalue weighted by Crippen LogP contribution is -2.19. The maximum atomic E-state index is 13.3. The Labute approximate surface area is 127 Å². The highest BCUT2D eigenvalue weighted by Gasteiger charge is 2.15. The molecule has 4 heteroatoms. The molecule has 0 aromatic heterocycles. The lowest BCUT2D eigenvalue weighted by molar-refractivity contribution is 0.401. The number of halogens is 2. The molecule has 0 saturated heterocycles. The summed E-state index contributed by atoms with van der Waals surface area (Å²) < 4.78 is 19.2. The fourth-order valence-corrected chi connectivity index (χ4v) is 2.65. The van der Waals surface area contributed by atoms with Crippen LogP contribution in [0.5, 0.6) is 5.75 Å². The predicted octanol–water partition coefficient (Wildman–Crippen LogP) is 4.10. The molecule has 2 nitrogen and oxygen atoms in total. The van der Waals surface area contributed by atoms with Gasteiger partial charge in [-0.15, -0.1) is 0 Å². The highest BCUT2D eigenvalue weighted by atomic mass is 79.9. The van der Waals surface area contributed by atoms with Gasteiger partial charge in [-0.1, -0.05) is 24.3 Å². The van der Waals surface area contributed by atoms with Gasteiger partial charge in [0.2, 0.25) is 0 Å². The maximum Gasteiger partial charge on any atom is 0.137 e. The summed E-state index contributed by atoms with van der Waals surface area (Å²) in [6, 6.07) is 13.1. The molecule has 0 aliphatic heterocycles. The van der Waals surface area contributed by atoms with E-state index in [0.717, 1.165) is 23.3 Å². The van der Waals surface area contributed by atoms with E-state index in [1.165, 1.54) is 6.07 Å². The number of benzene rings is 2. The zero-order chi connectivity index (χ0) is 14.5. The third-order valence-corrected chi connectivity index (χ3v) is 3.89. The number of methoxy groups -OCH3 is 1. The number of rotatable bonds is 5. The van der Waals surface area contributed by atoms with Crippen molar-refractivity contribution in [2.24, 2.45) is 0 Å². The zero-order valence-electron chi connectivity index (χ0n) is 11.5. The van der Waals surface area contributed by atoms with Crippen molar-refractivity contribution >= 4 is 15.9 Å². The van der Waals surface area contributed by atoms with Gasteiger partial charge < -0.3 is 10.1 Å². The molecule has 0 spiro atoms. The Balaban J connectivity index is 2.26. The molecule has 1 unspecified atom stereocenters. The van der Waals surface area contributed by atoms with E-state index in [-0.39, 0.29) is 11.9 Å². The molecule has 20 heavy (non-hydrogen) atoms. The van der Waals surface area contributed by atoms with Crippen LogP contribution in [0.25, 0.3) is 0 Å². The topological polar surface area (TPSA) is 21.3 Å². The first-order valence-corrected chi connectivity index (χ1v) is 7.19. The van der Waals surface area contributed by atoms with Gasteiger partial charge in [-0.05, 0) is 53.2 Å². The first-order chi connectivity index (χ1) is 9.65. The molecule has 106 valence electrons. The van der Waals surface area contributed by atoms with Gasteiger partial charge in [0, 0.05) is 11.6 Å². The number of likely N-dealkylation sites (N-methyl/N-ethyl adjacent to an activating group) is 1. The van der Waals surface area contributed by atoms with Gasteiger partial charge in [0.25, 0.3) is 0 Å². The van der Waals surface area contributed by atoms with Gasteiger partial charge in [-0.2, -0.15) is 0 Å². The first kappa shape index (κ1) is 15.0. The van der Waals surface area contributed by atoms with Crippen molar-refractivity contribution in [1.29, 1.82) is 0 Å². The molecule has 0 saturated carbocycles. The number of nitrogens with one attached hydrogen (secondary N) is 1. The maximum absolute atomic E-state index is 13.3. The minimum atomic E-state index is -0.243. The van der Waals surface area contributed by atoms with E-state index in [9.17, 15) is 4.39 Å². The third-order valence-electron chi connectivity index (χ3n) is 3.29. The molecule has 2 aromatic rings. The fraction of sp³-hybridized carbons (Fsp3) is 0.250. The molecule has 2 rings (SSSR count). The van der Waals surface area contributed by atoms with Crippen LogP contribution in [-0.2, 0) is 6.42 Å². The van der Waals surface area contributed by atoms with Gasteiger partial charge in [0.15, 0.2) is 0 Å². The lowest BCUT2D eigenvalue weighted by Gasteiger charge is -2.19. The second-order valence-electron chi connectivity index (χ2n) is 4.54. The number of hydrogen-bond donors (Lipinski definition) is 1. The van der Waals surface area contributed by atoms with Crippen LogP contribution in [0.1, 0.15) is 17.2 Å². The average molecular weight is 338 g/mol. The van der Waals surface area contributed by atoms with Crippen LogP contribution in [-0.4, -0.2) is 14.2 Å². The van der Waals surface area contributed by atoms with E-state index < -0.39 is 0 Å². The van der Waals surface area contributed by atoms with Crippen molar-refractivity contribution in [2.45, 2.75) is 12.5 Å². The van der Waals surface area contributed by atoms with Crippen LogP contribution >= 0.6 is 15.9 Å². The van der Waals surface area contributed by atoms with Crippen molar-refractivity contribution in [2.75, 3.05) is 14.2 Å². The summed E-state index contributed by atoms with van der Waals surface area (Å²) in [7, 11) is 3.58. The SMILES string of the molecule is CNC(Cc1ccc(F)c(Br)c1)c1ccccc1OC. The predicted molar refractivity (Wildman–Crippen MR) is 82.6 cm³/mol. The Morgan fingerprint density at radius 2 is 2.00 bits per heavy atom. The van der Waals surface area contributed by atoms with Gasteiger partial charge in [-0.25, -0.2) is 4.39 Å². The molecular formula is C16H17BrFNO. The van der Waals surface area contributed by atoms with Crippen LogP contribution in [0, 0.1) is 5.82 Å². The van der Waals surface area contributed by atoms with Crippen LogP contribution < -0.4 is 10.1 Å². The van der Waals surface area contributed by atoms with Gasteiger partial charge in [0.1, 0.15) is 11.6 Å².